The number of benzene rings is 4. The summed E-state index contributed by atoms with van der Waals surface area (Å²) < 4.78 is 62.0. The summed E-state index contributed by atoms with van der Waals surface area (Å²) in [7, 11) is -2.75. The predicted octanol–water partition coefficient (Wildman–Crippen LogP) is 7.14. The maximum atomic E-state index is 14.1. The van der Waals surface area contributed by atoms with E-state index in [1.54, 1.807) is 24.3 Å². The smallest absolute Gasteiger partial charge is 0.261 e. The molecule has 0 saturated carbocycles. The summed E-state index contributed by atoms with van der Waals surface area (Å²) >= 11 is 12.2. The summed E-state index contributed by atoms with van der Waals surface area (Å²) in [6.07, 6.45) is 0. The summed E-state index contributed by atoms with van der Waals surface area (Å²) in [6, 6.07) is 20.2. The molecule has 0 aliphatic carbocycles. The largest absolute Gasteiger partial charge is 0.456 e. The van der Waals surface area contributed by atoms with E-state index in [1.807, 2.05) is 0 Å². The average Bonchev–Trinajstić information content (AvgIpc) is 2.89. The minimum atomic E-state index is -4.13. The first-order valence-electron chi connectivity index (χ1n) is 11.1. The Kier molecular flexibility index (Phi) is 8.20. The van der Waals surface area contributed by atoms with Gasteiger partial charge in [0.2, 0.25) is 0 Å². The molecule has 0 unspecified atom stereocenters. The van der Waals surface area contributed by atoms with Gasteiger partial charge < -0.3 is 9.64 Å². The van der Waals surface area contributed by atoms with E-state index in [-0.39, 0.29) is 33.3 Å². The van der Waals surface area contributed by atoms with Crippen LogP contribution in [0.15, 0.2) is 89.8 Å². The minimum Gasteiger partial charge on any atom is -0.456 e. The van der Waals surface area contributed by atoms with Gasteiger partial charge in [0.25, 0.3) is 15.9 Å². The molecule has 11 heteroatoms. The van der Waals surface area contributed by atoms with E-state index in [0.29, 0.717) is 16.5 Å². The predicted molar refractivity (Wildman–Crippen MR) is 142 cm³/mol. The lowest BCUT2D eigenvalue weighted by Crippen LogP contribution is -2.28. The van der Waals surface area contributed by atoms with Gasteiger partial charge in [0.15, 0.2) is 11.6 Å². The molecule has 6 nitrogen and oxygen atoms in total. The first-order valence-corrected chi connectivity index (χ1v) is 13.3. The fourth-order valence-corrected chi connectivity index (χ4v) is 4.96. The van der Waals surface area contributed by atoms with Crippen LogP contribution in [0.2, 0.25) is 10.0 Å². The van der Waals surface area contributed by atoms with Crippen LogP contribution in [0.1, 0.15) is 15.9 Å². The molecule has 0 spiro atoms. The molecule has 0 fully saturated rings. The number of rotatable bonds is 8. The number of nitrogens with one attached hydrogen (secondary N) is 1. The first kappa shape index (κ1) is 27.4. The van der Waals surface area contributed by atoms with Crippen LogP contribution < -0.4 is 9.46 Å². The van der Waals surface area contributed by atoms with E-state index in [0.717, 1.165) is 11.0 Å². The zero-order valence-corrected chi connectivity index (χ0v) is 22.1. The number of nitrogens with zero attached hydrogens (tertiary/aromatic N) is 1. The summed E-state index contributed by atoms with van der Waals surface area (Å²) in [5, 5.41) is 0.582. The lowest BCUT2D eigenvalue weighted by atomic mass is 10.1. The van der Waals surface area contributed by atoms with Gasteiger partial charge >= 0.3 is 0 Å². The number of halogens is 4. The summed E-state index contributed by atoms with van der Waals surface area (Å²) in [4.78, 5) is 14.2. The molecule has 0 aliphatic rings. The zero-order valence-electron chi connectivity index (χ0n) is 19.8. The molecule has 4 aromatic carbocycles. The molecule has 0 aliphatic heterocycles. The van der Waals surface area contributed by atoms with E-state index >= 15 is 0 Å². The maximum Gasteiger partial charge on any atom is 0.261 e. The van der Waals surface area contributed by atoms with Crippen molar-refractivity contribution >= 4 is 44.8 Å². The van der Waals surface area contributed by atoms with Crippen molar-refractivity contribution in [1.29, 1.82) is 0 Å². The Morgan fingerprint density at radius 1 is 0.947 bits per heavy atom. The van der Waals surface area contributed by atoms with Crippen LogP contribution in [0.4, 0.5) is 14.5 Å². The van der Waals surface area contributed by atoms with Gasteiger partial charge in [-0.05, 0) is 60.7 Å². The number of carbonyl (C=O) groups is 1. The summed E-state index contributed by atoms with van der Waals surface area (Å²) in [5.41, 5.74) is -0.148. The number of anilines is 1. The van der Waals surface area contributed by atoms with Crippen molar-refractivity contribution in [2.45, 2.75) is 11.4 Å². The van der Waals surface area contributed by atoms with Crippen molar-refractivity contribution in [3.05, 3.63) is 118 Å². The van der Waals surface area contributed by atoms with Gasteiger partial charge in [0.05, 0.1) is 21.2 Å². The van der Waals surface area contributed by atoms with Crippen LogP contribution in [0.5, 0.6) is 11.5 Å². The second kappa shape index (κ2) is 11.4. The molecule has 196 valence electrons. The molecule has 0 radical (unpaired) electrons. The fraction of sp³-hybridized carbons (Fsp3) is 0.0741. The topological polar surface area (TPSA) is 75.7 Å². The number of para-hydroxylation sites is 1. The molecule has 0 atom stereocenters. The van der Waals surface area contributed by atoms with Gasteiger partial charge in [-0.25, -0.2) is 17.2 Å². The van der Waals surface area contributed by atoms with Gasteiger partial charge in [-0.2, -0.15) is 0 Å². The second-order valence-electron chi connectivity index (χ2n) is 8.17. The van der Waals surface area contributed by atoms with Crippen LogP contribution >= 0.6 is 23.2 Å². The third-order valence-electron chi connectivity index (χ3n) is 5.44. The molecule has 0 saturated heterocycles. The van der Waals surface area contributed by atoms with Gasteiger partial charge in [-0.3, -0.25) is 9.52 Å². The lowest BCUT2D eigenvalue weighted by molar-refractivity contribution is 0.0784. The molecule has 0 bridgehead atoms. The number of sulfonamides is 1. The molecule has 0 heterocycles. The molecule has 1 amide bonds. The van der Waals surface area contributed by atoms with E-state index in [4.69, 9.17) is 27.9 Å². The average molecular weight is 577 g/mol. The van der Waals surface area contributed by atoms with Gasteiger partial charge in [-0.1, -0.05) is 47.5 Å². The van der Waals surface area contributed by atoms with E-state index in [2.05, 4.69) is 4.72 Å². The number of carbonyl (C=O) groups excluding carboxylic acids is 1. The van der Waals surface area contributed by atoms with Crippen molar-refractivity contribution in [2.24, 2.45) is 0 Å². The zero-order chi connectivity index (χ0) is 27.4. The van der Waals surface area contributed by atoms with E-state index in [9.17, 15) is 22.0 Å². The highest BCUT2D eigenvalue weighted by atomic mass is 35.5. The van der Waals surface area contributed by atoms with Crippen molar-refractivity contribution in [1.82, 2.24) is 4.90 Å². The number of hydrogen-bond acceptors (Lipinski definition) is 4. The van der Waals surface area contributed by atoms with Crippen LogP contribution in [0, 0.1) is 11.6 Å². The maximum absolute atomic E-state index is 14.1. The van der Waals surface area contributed by atoms with Crippen molar-refractivity contribution < 1.29 is 26.7 Å². The van der Waals surface area contributed by atoms with Crippen LogP contribution in [0.25, 0.3) is 0 Å². The summed E-state index contributed by atoms with van der Waals surface area (Å²) in [5.74, 6) is -1.98. The number of ether oxygens (including phenoxy) is 1. The van der Waals surface area contributed by atoms with Gasteiger partial charge in [0, 0.05) is 24.2 Å². The van der Waals surface area contributed by atoms with Crippen molar-refractivity contribution in [2.75, 3.05) is 11.8 Å². The van der Waals surface area contributed by atoms with Crippen LogP contribution in [-0.2, 0) is 16.6 Å². The second-order valence-corrected chi connectivity index (χ2v) is 10.7. The highest BCUT2D eigenvalue weighted by molar-refractivity contribution is 7.92. The minimum absolute atomic E-state index is 0.0379. The van der Waals surface area contributed by atoms with E-state index in [1.165, 1.54) is 61.6 Å². The normalized spacial score (nSPS) is 11.2. The highest BCUT2D eigenvalue weighted by Crippen LogP contribution is 2.30. The highest BCUT2D eigenvalue weighted by Gasteiger charge is 2.22. The monoisotopic (exact) mass is 576 g/mol. The van der Waals surface area contributed by atoms with Crippen molar-refractivity contribution in [3.63, 3.8) is 0 Å². The first-order chi connectivity index (χ1) is 18.0. The Morgan fingerprint density at radius 2 is 1.66 bits per heavy atom. The fourth-order valence-electron chi connectivity index (χ4n) is 3.53. The van der Waals surface area contributed by atoms with Gasteiger partial charge in [0.1, 0.15) is 11.5 Å². The Hall–Kier alpha value is -3.66. The Morgan fingerprint density at radius 3 is 2.37 bits per heavy atom. The SMILES string of the molecule is CN(Cc1cccc(F)c1F)C(=O)c1cc(Cl)ccc1NS(=O)(=O)c1ccc(Oc2ccccc2Cl)cc1. The third kappa shape index (κ3) is 6.24. The van der Waals surface area contributed by atoms with Crippen LogP contribution in [0.3, 0.4) is 0 Å². The summed E-state index contributed by atoms with van der Waals surface area (Å²) in [6.45, 7) is -0.256. The molecule has 0 aromatic heterocycles. The molecule has 4 aromatic rings. The number of amides is 1. The Bertz CT molecular complexity index is 1600. The molecular weight excluding hydrogens is 557 g/mol. The third-order valence-corrected chi connectivity index (χ3v) is 7.37. The molecule has 4 rings (SSSR count). The van der Waals surface area contributed by atoms with E-state index < -0.39 is 27.6 Å². The number of hydrogen-bond donors (Lipinski definition) is 1. The Labute approximate surface area is 228 Å². The lowest BCUT2D eigenvalue weighted by Gasteiger charge is -2.20. The van der Waals surface area contributed by atoms with Crippen LogP contribution in [-0.4, -0.2) is 26.3 Å². The quantitative estimate of drug-likeness (QED) is 0.242. The Balaban J connectivity index is 1.55. The molecular formula is C27H20Cl2F2N2O4S. The van der Waals surface area contributed by atoms with Crippen molar-refractivity contribution in [3.8, 4) is 11.5 Å². The molecule has 38 heavy (non-hydrogen) atoms. The van der Waals surface area contributed by atoms with Gasteiger partial charge in [-0.15, -0.1) is 0 Å². The molecule has 1 N–H and O–H groups in total. The standard InChI is InChI=1S/C27H20Cl2F2N2O4S/c1-33(16-17-5-4-7-23(30)26(17)31)27(34)21-15-18(28)9-14-24(21)32-38(35,36)20-12-10-19(11-13-20)37-25-8-3-2-6-22(25)29/h2-15,32H,16H2,1H3.